The van der Waals surface area contributed by atoms with Gasteiger partial charge in [0, 0.05) is 13.1 Å². The van der Waals surface area contributed by atoms with E-state index in [2.05, 4.69) is 34.1 Å². The molecule has 0 aromatic carbocycles. The second-order valence-corrected chi connectivity index (χ2v) is 4.56. The average molecular weight is 256 g/mol. The van der Waals surface area contributed by atoms with Gasteiger partial charge in [-0.15, -0.1) is 5.10 Å². The molecule has 5 nitrogen and oxygen atoms in total. The Bertz CT molecular complexity index is 340. The number of aryl methyl sites for hydroxylation is 1. The lowest BCUT2D eigenvalue weighted by molar-refractivity contribution is 0.0957. The SMILES string of the molecule is CCCNCCNC(=O)c1snnc1CCC. The van der Waals surface area contributed by atoms with Gasteiger partial charge in [-0.1, -0.05) is 24.8 Å². The summed E-state index contributed by atoms with van der Waals surface area (Å²) in [5.74, 6) is -0.0539. The molecule has 1 amide bonds. The Morgan fingerprint density at radius 2 is 2.06 bits per heavy atom. The van der Waals surface area contributed by atoms with Gasteiger partial charge in [0.25, 0.3) is 5.91 Å². The number of hydrogen-bond acceptors (Lipinski definition) is 5. The highest BCUT2D eigenvalue weighted by Crippen LogP contribution is 2.11. The zero-order valence-corrected chi connectivity index (χ0v) is 11.3. The van der Waals surface area contributed by atoms with Crippen LogP contribution in [0.25, 0.3) is 0 Å². The Hall–Kier alpha value is -1.01. The zero-order valence-electron chi connectivity index (χ0n) is 10.5. The molecule has 0 bridgehead atoms. The molecular formula is C11H20N4OS. The molecule has 1 rings (SSSR count). The summed E-state index contributed by atoms with van der Waals surface area (Å²) in [6.07, 6.45) is 2.89. The number of nitrogens with one attached hydrogen (secondary N) is 2. The number of carbonyl (C=O) groups excluding carboxylic acids is 1. The van der Waals surface area contributed by atoms with E-state index in [0.717, 1.165) is 38.0 Å². The van der Waals surface area contributed by atoms with E-state index in [4.69, 9.17) is 0 Å². The molecular weight excluding hydrogens is 236 g/mol. The maximum atomic E-state index is 11.8. The highest BCUT2D eigenvalue weighted by molar-refractivity contribution is 7.08. The number of aromatic nitrogens is 2. The Labute approximate surface area is 106 Å². The Morgan fingerprint density at radius 1 is 1.24 bits per heavy atom. The number of hydrogen-bond donors (Lipinski definition) is 2. The van der Waals surface area contributed by atoms with E-state index in [1.165, 1.54) is 11.5 Å². The van der Waals surface area contributed by atoms with Crippen LogP contribution in [0, 0.1) is 0 Å². The van der Waals surface area contributed by atoms with Gasteiger partial charge in [-0.3, -0.25) is 4.79 Å². The van der Waals surface area contributed by atoms with E-state index in [1.807, 2.05) is 0 Å². The minimum absolute atomic E-state index is 0.0539. The first-order valence-corrected chi connectivity index (χ1v) is 6.87. The lowest BCUT2D eigenvalue weighted by atomic mass is 10.2. The second-order valence-electron chi connectivity index (χ2n) is 3.80. The van der Waals surface area contributed by atoms with Gasteiger partial charge in [0.1, 0.15) is 4.88 Å². The van der Waals surface area contributed by atoms with Crippen molar-refractivity contribution in [3.63, 3.8) is 0 Å². The van der Waals surface area contributed by atoms with Crippen LogP contribution in [0.5, 0.6) is 0 Å². The van der Waals surface area contributed by atoms with Crippen LogP contribution in [-0.2, 0) is 6.42 Å². The normalized spacial score (nSPS) is 10.5. The highest BCUT2D eigenvalue weighted by Gasteiger charge is 2.14. The van der Waals surface area contributed by atoms with Crippen LogP contribution in [0.2, 0.25) is 0 Å². The fraction of sp³-hybridized carbons (Fsp3) is 0.727. The van der Waals surface area contributed by atoms with Gasteiger partial charge >= 0.3 is 0 Å². The zero-order chi connectivity index (χ0) is 12.5. The van der Waals surface area contributed by atoms with Crippen molar-refractivity contribution in [3.05, 3.63) is 10.6 Å². The maximum absolute atomic E-state index is 11.8. The second kappa shape index (κ2) is 8.14. The number of amides is 1. The monoisotopic (exact) mass is 256 g/mol. The fourth-order valence-corrected chi connectivity index (χ4v) is 2.05. The molecule has 1 aromatic heterocycles. The third-order valence-electron chi connectivity index (χ3n) is 2.26. The maximum Gasteiger partial charge on any atom is 0.264 e. The van der Waals surface area contributed by atoms with Crippen molar-refractivity contribution >= 4 is 17.4 Å². The van der Waals surface area contributed by atoms with E-state index >= 15 is 0 Å². The van der Waals surface area contributed by atoms with Gasteiger partial charge in [0.05, 0.1) is 5.69 Å². The molecule has 0 aliphatic carbocycles. The van der Waals surface area contributed by atoms with Crippen molar-refractivity contribution in [2.75, 3.05) is 19.6 Å². The topological polar surface area (TPSA) is 66.9 Å². The number of rotatable bonds is 8. The van der Waals surface area contributed by atoms with Crippen LogP contribution in [0.3, 0.4) is 0 Å². The minimum atomic E-state index is -0.0539. The van der Waals surface area contributed by atoms with E-state index in [0.29, 0.717) is 11.4 Å². The number of carbonyl (C=O) groups is 1. The van der Waals surface area contributed by atoms with Gasteiger partial charge in [0.15, 0.2) is 0 Å². The lowest BCUT2D eigenvalue weighted by Crippen LogP contribution is -2.32. The summed E-state index contributed by atoms with van der Waals surface area (Å²) in [6.45, 7) is 6.61. The predicted molar refractivity (Wildman–Crippen MR) is 69.4 cm³/mol. The van der Waals surface area contributed by atoms with Gasteiger partial charge in [0.2, 0.25) is 0 Å². The molecule has 0 saturated carbocycles. The van der Waals surface area contributed by atoms with Crippen molar-refractivity contribution in [2.24, 2.45) is 0 Å². The van der Waals surface area contributed by atoms with Crippen molar-refractivity contribution in [1.82, 2.24) is 20.2 Å². The van der Waals surface area contributed by atoms with Crippen molar-refractivity contribution in [2.45, 2.75) is 33.1 Å². The van der Waals surface area contributed by atoms with E-state index in [-0.39, 0.29) is 5.91 Å². The summed E-state index contributed by atoms with van der Waals surface area (Å²) >= 11 is 1.17. The fourth-order valence-electron chi connectivity index (χ4n) is 1.43. The predicted octanol–water partition coefficient (Wildman–Crippen LogP) is 1.22. The average Bonchev–Trinajstić information content (AvgIpc) is 2.77. The van der Waals surface area contributed by atoms with E-state index in [1.54, 1.807) is 0 Å². The molecule has 1 heterocycles. The third-order valence-corrected chi connectivity index (χ3v) is 3.03. The Kier molecular flexibility index (Phi) is 6.73. The molecule has 0 fully saturated rings. The summed E-state index contributed by atoms with van der Waals surface area (Å²) in [7, 11) is 0. The van der Waals surface area contributed by atoms with Crippen LogP contribution in [0.15, 0.2) is 0 Å². The van der Waals surface area contributed by atoms with Crippen LogP contribution >= 0.6 is 11.5 Å². The quantitative estimate of drug-likeness (QED) is 0.686. The molecule has 0 atom stereocenters. The van der Waals surface area contributed by atoms with Crippen LogP contribution in [0.4, 0.5) is 0 Å². The molecule has 0 aliphatic heterocycles. The van der Waals surface area contributed by atoms with Gasteiger partial charge in [-0.05, 0) is 30.9 Å². The number of nitrogens with zero attached hydrogens (tertiary/aromatic N) is 2. The van der Waals surface area contributed by atoms with Gasteiger partial charge < -0.3 is 10.6 Å². The minimum Gasteiger partial charge on any atom is -0.350 e. The van der Waals surface area contributed by atoms with Crippen molar-refractivity contribution in [1.29, 1.82) is 0 Å². The van der Waals surface area contributed by atoms with Gasteiger partial charge in [-0.2, -0.15) is 0 Å². The molecule has 0 radical (unpaired) electrons. The Morgan fingerprint density at radius 3 is 2.76 bits per heavy atom. The molecule has 0 unspecified atom stereocenters. The molecule has 0 spiro atoms. The highest BCUT2D eigenvalue weighted by atomic mass is 32.1. The summed E-state index contributed by atoms with van der Waals surface area (Å²) in [6, 6.07) is 0. The molecule has 0 aliphatic rings. The van der Waals surface area contributed by atoms with E-state index < -0.39 is 0 Å². The van der Waals surface area contributed by atoms with Crippen molar-refractivity contribution in [3.8, 4) is 0 Å². The summed E-state index contributed by atoms with van der Waals surface area (Å²) in [5.41, 5.74) is 0.816. The molecule has 6 heteroatoms. The molecule has 0 saturated heterocycles. The summed E-state index contributed by atoms with van der Waals surface area (Å²) < 4.78 is 3.83. The van der Waals surface area contributed by atoms with Crippen molar-refractivity contribution < 1.29 is 4.79 Å². The van der Waals surface area contributed by atoms with Crippen LogP contribution < -0.4 is 10.6 Å². The largest absolute Gasteiger partial charge is 0.350 e. The summed E-state index contributed by atoms with van der Waals surface area (Å²) in [4.78, 5) is 12.5. The van der Waals surface area contributed by atoms with Crippen LogP contribution in [0.1, 0.15) is 42.1 Å². The molecule has 1 aromatic rings. The first-order valence-electron chi connectivity index (χ1n) is 6.09. The lowest BCUT2D eigenvalue weighted by Gasteiger charge is -2.05. The first kappa shape index (κ1) is 14.1. The molecule has 2 N–H and O–H groups in total. The first-order chi connectivity index (χ1) is 8.29. The van der Waals surface area contributed by atoms with Gasteiger partial charge in [-0.25, -0.2) is 0 Å². The van der Waals surface area contributed by atoms with Crippen LogP contribution in [-0.4, -0.2) is 35.1 Å². The molecule has 96 valence electrons. The summed E-state index contributed by atoms with van der Waals surface area (Å²) in [5, 5.41) is 10.1. The smallest absolute Gasteiger partial charge is 0.264 e. The Balaban J connectivity index is 2.33. The standard InChI is InChI=1S/C11H20N4OS/c1-3-5-9-10(17-15-14-9)11(16)13-8-7-12-6-4-2/h12H,3-8H2,1-2H3,(H,13,16). The molecule has 17 heavy (non-hydrogen) atoms. The third kappa shape index (κ3) is 4.79. The van der Waals surface area contributed by atoms with E-state index in [9.17, 15) is 4.79 Å².